The van der Waals surface area contributed by atoms with Crippen molar-refractivity contribution in [1.29, 1.82) is 0 Å². The van der Waals surface area contributed by atoms with Crippen LogP contribution in [0.4, 0.5) is 0 Å². The third-order valence-electron chi connectivity index (χ3n) is 3.69. The number of hydrogen-bond donors (Lipinski definition) is 2. The van der Waals surface area contributed by atoms with Gasteiger partial charge in [0.2, 0.25) is 0 Å². The van der Waals surface area contributed by atoms with Crippen LogP contribution in [0.15, 0.2) is 36.4 Å². The lowest BCUT2D eigenvalue weighted by Crippen LogP contribution is -2.40. The van der Waals surface area contributed by atoms with Crippen molar-refractivity contribution in [3.05, 3.63) is 42.0 Å². The van der Waals surface area contributed by atoms with Gasteiger partial charge in [0, 0.05) is 5.54 Å². The summed E-state index contributed by atoms with van der Waals surface area (Å²) in [4.78, 5) is 0. The van der Waals surface area contributed by atoms with Crippen LogP contribution in [0.1, 0.15) is 32.3 Å². The number of hydrogen-bond acceptors (Lipinski definition) is 3. The van der Waals surface area contributed by atoms with Crippen LogP contribution in [-0.2, 0) is 6.42 Å². The van der Waals surface area contributed by atoms with E-state index >= 15 is 0 Å². The molecule has 0 amide bonds. The van der Waals surface area contributed by atoms with Crippen molar-refractivity contribution in [3.8, 4) is 5.75 Å². The van der Waals surface area contributed by atoms with Crippen LogP contribution >= 0.6 is 0 Å². The molecule has 2 aromatic carbocycles. The summed E-state index contributed by atoms with van der Waals surface area (Å²) in [5.74, 6) is 0.923. The number of rotatable bonds is 7. The first-order valence-corrected chi connectivity index (χ1v) is 7.59. The van der Waals surface area contributed by atoms with E-state index in [4.69, 9.17) is 10.5 Å². The zero-order chi connectivity index (χ0) is 15.3. The van der Waals surface area contributed by atoms with Crippen LogP contribution in [0.25, 0.3) is 10.8 Å². The van der Waals surface area contributed by atoms with E-state index in [1.807, 2.05) is 13.0 Å². The van der Waals surface area contributed by atoms with Gasteiger partial charge in [-0.1, -0.05) is 31.2 Å². The van der Waals surface area contributed by atoms with E-state index in [0.29, 0.717) is 0 Å². The molecule has 0 saturated carbocycles. The third kappa shape index (κ3) is 4.45. The van der Waals surface area contributed by atoms with Gasteiger partial charge in [0.1, 0.15) is 5.75 Å². The Balaban J connectivity index is 2.11. The van der Waals surface area contributed by atoms with Crippen molar-refractivity contribution in [2.24, 2.45) is 5.73 Å². The van der Waals surface area contributed by atoms with Gasteiger partial charge >= 0.3 is 0 Å². The average Bonchev–Trinajstić information content (AvgIpc) is 2.50. The van der Waals surface area contributed by atoms with Gasteiger partial charge in [0.25, 0.3) is 0 Å². The van der Waals surface area contributed by atoms with Crippen LogP contribution in [-0.4, -0.2) is 23.9 Å². The van der Waals surface area contributed by atoms with Gasteiger partial charge in [-0.15, -0.1) is 0 Å². The zero-order valence-corrected chi connectivity index (χ0v) is 12.9. The largest absolute Gasteiger partial charge is 0.494 e. The molecule has 0 saturated heterocycles. The highest BCUT2D eigenvalue weighted by atomic mass is 16.5. The SMILES string of the molecule is CCCOc1ccc2cc(CCC(C)(N)CO)ccc2c1. The van der Waals surface area contributed by atoms with E-state index < -0.39 is 5.54 Å². The Morgan fingerprint density at radius 3 is 2.57 bits per heavy atom. The van der Waals surface area contributed by atoms with Gasteiger partial charge in [-0.05, 0) is 54.7 Å². The van der Waals surface area contributed by atoms with E-state index in [0.717, 1.165) is 31.6 Å². The number of aliphatic hydroxyl groups excluding tert-OH is 1. The van der Waals surface area contributed by atoms with Crippen molar-refractivity contribution >= 4 is 10.8 Å². The lowest BCUT2D eigenvalue weighted by molar-refractivity contribution is 0.200. The van der Waals surface area contributed by atoms with Gasteiger partial charge in [0.05, 0.1) is 13.2 Å². The highest BCUT2D eigenvalue weighted by Gasteiger charge is 2.16. The maximum Gasteiger partial charge on any atom is 0.119 e. The topological polar surface area (TPSA) is 55.5 Å². The predicted molar refractivity (Wildman–Crippen MR) is 87.7 cm³/mol. The Morgan fingerprint density at radius 2 is 1.86 bits per heavy atom. The van der Waals surface area contributed by atoms with Gasteiger partial charge in [0.15, 0.2) is 0 Å². The maximum atomic E-state index is 9.21. The second kappa shape index (κ2) is 6.92. The fraction of sp³-hybridized carbons (Fsp3) is 0.444. The summed E-state index contributed by atoms with van der Waals surface area (Å²) in [5.41, 5.74) is 6.71. The number of fused-ring (bicyclic) bond motifs is 1. The van der Waals surface area contributed by atoms with Crippen molar-refractivity contribution in [1.82, 2.24) is 0 Å². The molecule has 0 aromatic heterocycles. The van der Waals surface area contributed by atoms with Crippen LogP contribution in [0.3, 0.4) is 0 Å². The molecule has 0 heterocycles. The number of aliphatic hydroxyl groups is 1. The molecule has 1 atom stereocenters. The highest BCUT2D eigenvalue weighted by molar-refractivity contribution is 5.84. The van der Waals surface area contributed by atoms with Crippen LogP contribution in [0.2, 0.25) is 0 Å². The molecular weight excluding hydrogens is 262 g/mol. The first-order chi connectivity index (χ1) is 10.0. The molecule has 0 aliphatic heterocycles. The molecule has 3 heteroatoms. The summed E-state index contributed by atoms with van der Waals surface area (Å²) in [5, 5.41) is 11.6. The Hall–Kier alpha value is -1.58. The molecule has 21 heavy (non-hydrogen) atoms. The van der Waals surface area contributed by atoms with Crippen molar-refractivity contribution in [2.45, 2.75) is 38.6 Å². The van der Waals surface area contributed by atoms with E-state index in [9.17, 15) is 5.11 Å². The first kappa shape index (κ1) is 15.8. The van der Waals surface area contributed by atoms with Crippen molar-refractivity contribution in [2.75, 3.05) is 13.2 Å². The summed E-state index contributed by atoms with van der Waals surface area (Å²) in [6.45, 7) is 4.74. The van der Waals surface area contributed by atoms with Crippen LogP contribution in [0, 0.1) is 0 Å². The Kier molecular flexibility index (Phi) is 5.21. The fourth-order valence-corrected chi connectivity index (χ4v) is 2.25. The molecule has 0 bridgehead atoms. The minimum Gasteiger partial charge on any atom is -0.494 e. The lowest BCUT2D eigenvalue weighted by atomic mass is 9.94. The second-order valence-corrected chi connectivity index (χ2v) is 6.00. The van der Waals surface area contributed by atoms with Crippen LogP contribution < -0.4 is 10.5 Å². The van der Waals surface area contributed by atoms with Crippen molar-refractivity contribution < 1.29 is 9.84 Å². The summed E-state index contributed by atoms with van der Waals surface area (Å²) in [6, 6.07) is 12.6. The second-order valence-electron chi connectivity index (χ2n) is 6.00. The van der Waals surface area contributed by atoms with E-state index in [2.05, 4.69) is 37.3 Å². The zero-order valence-electron chi connectivity index (χ0n) is 12.9. The molecule has 114 valence electrons. The number of benzene rings is 2. The summed E-state index contributed by atoms with van der Waals surface area (Å²) in [6.07, 6.45) is 2.66. The molecule has 0 spiro atoms. The Bertz CT molecular complexity index is 593. The van der Waals surface area contributed by atoms with Crippen molar-refractivity contribution in [3.63, 3.8) is 0 Å². The predicted octanol–water partition coefficient (Wildman–Crippen LogP) is 3.27. The molecular formula is C18H25NO2. The normalized spacial score (nSPS) is 14.1. The monoisotopic (exact) mass is 287 g/mol. The Morgan fingerprint density at radius 1 is 1.14 bits per heavy atom. The minimum absolute atomic E-state index is 0.0126. The van der Waals surface area contributed by atoms with E-state index in [-0.39, 0.29) is 6.61 Å². The van der Waals surface area contributed by atoms with Gasteiger partial charge in [-0.2, -0.15) is 0 Å². The van der Waals surface area contributed by atoms with E-state index in [1.165, 1.54) is 16.3 Å². The number of nitrogens with two attached hydrogens (primary N) is 1. The molecule has 0 aliphatic rings. The number of aryl methyl sites for hydroxylation is 1. The molecule has 0 aliphatic carbocycles. The quantitative estimate of drug-likeness (QED) is 0.821. The summed E-state index contributed by atoms with van der Waals surface area (Å²) >= 11 is 0. The number of ether oxygens (including phenoxy) is 1. The third-order valence-corrected chi connectivity index (χ3v) is 3.69. The summed E-state index contributed by atoms with van der Waals surface area (Å²) in [7, 11) is 0. The van der Waals surface area contributed by atoms with Crippen LogP contribution in [0.5, 0.6) is 5.75 Å². The van der Waals surface area contributed by atoms with Gasteiger partial charge in [-0.3, -0.25) is 0 Å². The minimum atomic E-state index is -0.507. The standard InChI is InChI=1S/C18H25NO2/c1-3-10-21-17-7-6-15-11-14(4-5-16(15)12-17)8-9-18(2,19)13-20/h4-7,11-12,20H,3,8-10,13,19H2,1-2H3. The molecule has 3 N–H and O–H groups in total. The summed E-state index contributed by atoms with van der Waals surface area (Å²) < 4.78 is 5.66. The smallest absolute Gasteiger partial charge is 0.119 e. The highest BCUT2D eigenvalue weighted by Crippen LogP contribution is 2.23. The first-order valence-electron chi connectivity index (χ1n) is 7.59. The molecule has 2 rings (SSSR count). The van der Waals surface area contributed by atoms with Gasteiger partial charge < -0.3 is 15.6 Å². The molecule has 0 radical (unpaired) electrons. The van der Waals surface area contributed by atoms with E-state index in [1.54, 1.807) is 0 Å². The maximum absolute atomic E-state index is 9.21. The average molecular weight is 287 g/mol. The molecule has 2 aromatic rings. The molecule has 3 nitrogen and oxygen atoms in total. The fourth-order valence-electron chi connectivity index (χ4n) is 2.25. The lowest BCUT2D eigenvalue weighted by Gasteiger charge is -2.21. The molecule has 1 unspecified atom stereocenters. The Labute approximate surface area is 126 Å². The van der Waals surface area contributed by atoms with Gasteiger partial charge in [-0.25, -0.2) is 0 Å². The molecule has 0 fully saturated rings.